The van der Waals surface area contributed by atoms with Gasteiger partial charge in [0.15, 0.2) is 5.82 Å². The van der Waals surface area contributed by atoms with Gasteiger partial charge in [0.2, 0.25) is 11.8 Å². The molecule has 0 N–H and O–H groups in total. The van der Waals surface area contributed by atoms with E-state index in [0.717, 1.165) is 28.6 Å². The van der Waals surface area contributed by atoms with Crippen LogP contribution in [-0.2, 0) is 11.2 Å². The Balaban J connectivity index is 1.37. The highest BCUT2D eigenvalue weighted by molar-refractivity contribution is 5.90. The van der Waals surface area contributed by atoms with Crippen molar-refractivity contribution >= 4 is 22.5 Å². The number of ether oxygens (including phenoxy) is 1. The zero-order valence-electron chi connectivity index (χ0n) is 16.2. The van der Waals surface area contributed by atoms with Crippen molar-refractivity contribution in [3.05, 3.63) is 60.2 Å². The summed E-state index contributed by atoms with van der Waals surface area (Å²) in [4.78, 5) is 16.6. The number of hydrogen-bond acceptors (Lipinski definition) is 5. The third-order valence-electron chi connectivity index (χ3n) is 5.09. The maximum atomic E-state index is 12.8. The molecule has 1 fully saturated rings. The number of amides is 1. The van der Waals surface area contributed by atoms with Crippen LogP contribution in [0.2, 0.25) is 0 Å². The minimum atomic E-state index is -0.0454. The highest BCUT2D eigenvalue weighted by Gasteiger charge is 2.28. The van der Waals surface area contributed by atoms with E-state index in [-0.39, 0.29) is 12.0 Å². The largest absolute Gasteiger partial charge is 0.471 e. The molecule has 0 saturated carbocycles. The molecule has 2 heterocycles. The van der Waals surface area contributed by atoms with Crippen molar-refractivity contribution in [2.24, 2.45) is 0 Å². The van der Waals surface area contributed by atoms with Crippen LogP contribution in [0.3, 0.4) is 0 Å². The number of aromatic nitrogens is 2. The Labute approximate surface area is 164 Å². The van der Waals surface area contributed by atoms with Gasteiger partial charge in [-0.2, -0.15) is 0 Å². The first-order valence-corrected chi connectivity index (χ1v) is 9.52. The first kappa shape index (κ1) is 18.2. The van der Waals surface area contributed by atoms with Crippen LogP contribution in [0.4, 0.5) is 5.82 Å². The van der Waals surface area contributed by atoms with Gasteiger partial charge in [-0.3, -0.25) is 4.79 Å². The van der Waals surface area contributed by atoms with Gasteiger partial charge in [-0.1, -0.05) is 42.5 Å². The topological polar surface area (TPSA) is 58.6 Å². The van der Waals surface area contributed by atoms with Gasteiger partial charge in [-0.25, -0.2) is 0 Å². The van der Waals surface area contributed by atoms with Gasteiger partial charge in [0.1, 0.15) is 6.10 Å². The Bertz CT molecular complexity index is 966. The second-order valence-corrected chi connectivity index (χ2v) is 7.31. The fraction of sp³-hybridized carbons (Fsp3) is 0.318. The molecule has 6 nitrogen and oxygen atoms in total. The van der Waals surface area contributed by atoms with Crippen molar-refractivity contribution < 1.29 is 9.53 Å². The summed E-state index contributed by atoms with van der Waals surface area (Å²) in [5.74, 6) is 1.42. The van der Waals surface area contributed by atoms with Crippen molar-refractivity contribution in [3.63, 3.8) is 0 Å². The molecule has 1 unspecified atom stereocenters. The normalized spacial score (nSPS) is 16.4. The van der Waals surface area contributed by atoms with Crippen molar-refractivity contribution in [1.29, 1.82) is 0 Å². The zero-order valence-corrected chi connectivity index (χ0v) is 16.2. The van der Waals surface area contributed by atoms with E-state index < -0.39 is 0 Å². The fourth-order valence-corrected chi connectivity index (χ4v) is 3.56. The van der Waals surface area contributed by atoms with Crippen molar-refractivity contribution in [2.75, 3.05) is 32.1 Å². The van der Waals surface area contributed by atoms with E-state index in [4.69, 9.17) is 4.74 Å². The molecule has 6 heteroatoms. The molecule has 1 saturated heterocycles. The number of fused-ring (bicyclic) bond motifs is 1. The van der Waals surface area contributed by atoms with Gasteiger partial charge in [-0.15, -0.1) is 10.2 Å². The summed E-state index contributed by atoms with van der Waals surface area (Å²) < 4.78 is 5.92. The predicted octanol–water partition coefficient (Wildman–Crippen LogP) is 2.92. The molecular formula is C22H24N4O2. The average molecular weight is 376 g/mol. The number of hydrogen-bond donors (Lipinski definition) is 0. The van der Waals surface area contributed by atoms with Crippen LogP contribution < -0.4 is 9.64 Å². The molecule has 1 aliphatic heterocycles. The summed E-state index contributed by atoms with van der Waals surface area (Å²) in [7, 11) is 3.84. The third kappa shape index (κ3) is 3.91. The van der Waals surface area contributed by atoms with Crippen molar-refractivity contribution in [1.82, 2.24) is 15.1 Å². The van der Waals surface area contributed by atoms with Crippen molar-refractivity contribution in [2.45, 2.75) is 18.9 Å². The van der Waals surface area contributed by atoms with E-state index in [1.807, 2.05) is 60.3 Å². The molecular weight excluding hydrogens is 352 g/mol. The molecule has 2 aromatic carbocycles. The van der Waals surface area contributed by atoms with Crippen LogP contribution in [0.1, 0.15) is 12.0 Å². The van der Waals surface area contributed by atoms with Gasteiger partial charge in [-0.05, 0) is 22.4 Å². The van der Waals surface area contributed by atoms with Gasteiger partial charge < -0.3 is 14.5 Å². The smallest absolute Gasteiger partial charge is 0.233 e. The van der Waals surface area contributed by atoms with Crippen LogP contribution in [0.25, 0.3) is 10.8 Å². The molecule has 28 heavy (non-hydrogen) atoms. The molecule has 3 aromatic rings. The quantitative estimate of drug-likeness (QED) is 0.685. The Morgan fingerprint density at radius 3 is 2.71 bits per heavy atom. The van der Waals surface area contributed by atoms with Crippen LogP contribution >= 0.6 is 0 Å². The van der Waals surface area contributed by atoms with Gasteiger partial charge in [0.25, 0.3) is 0 Å². The summed E-state index contributed by atoms with van der Waals surface area (Å²) in [5.41, 5.74) is 1.07. The molecule has 1 amide bonds. The lowest BCUT2D eigenvalue weighted by molar-refractivity contribution is -0.129. The van der Waals surface area contributed by atoms with Gasteiger partial charge in [0, 0.05) is 33.1 Å². The summed E-state index contributed by atoms with van der Waals surface area (Å²) in [5, 5.41) is 10.6. The molecule has 4 rings (SSSR count). The lowest BCUT2D eigenvalue weighted by atomic mass is 10.0. The number of rotatable bonds is 5. The first-order chi connectivity index (χ1) is 13.6. The van der Waals surface area contributed by atoms with Gasteiger partial charge in [0.05, 0.1) is 13.0 Å². The summed E-state index contributed by atoms with van der Waals surface area (Å²) in [6, 6.07) is 18.0. The molecule has 0 spiro atoms. The highest BCUT2D eigenvalue weighted by atomic mass is 16.5. The maximum Gasteiger partial charge on any atom is 0.233 e. The summed E-state index contributed by atoms with van der Waals surface area (Å²) in [6.07, 6.45) is 1.17. The van der Waals surface area contributed by atoms with E-state index >= 15 is 0 Å². The number of benzene rings is 2. The van der Waals surface area contributed by atoms with Crippen molar-refractivity contribution in [3.8, 4) is 5.88 Å². The monoisotopic (exact) mass is 376 g/mol. The average Bonchev–Trinajstić information content (AvgIpc) is 3.17. The van der Waals surface area contributed by atoms with E-state index in [0.29, 0.717) is 25.4 Å². The lowest BCUT2D eigenvalue weighted by Crippen LogP contribution is -2.32. The van der Waals surface area contributed by atoms with E-state index in [1.54, 1.807) is 0 Å². The van der Waals surface area contributed by atoms with Crippen LogP contribution in [0.15, 0.2) is 54.6 Å². The third-order valence-corrected chi connectivity index (χ3v) is 5.09. The summed E-state index contributed by atoms with van der Waals surface area (Å²) in [6.45, 7) is 1.29. The second-order valence-electron chi connectivity index (χ2n) is 7.31. The molecule has 0 bridgehead atoms. The number of likely N-dealkylation sites (tertiary alicyclic amines) is 1. The SMILES string of the molecule is CN(C)c1ccc(OC2CCN(C(=O)Cc3cccc4ccccc34)C2)nn1. The molecule has 1 aromatic heterocycles. The Hall–Kier alpha value is -3.15. The molecule has 1 atom stereocenters. The maximum absolute atomic E-state index is 12.8. The minimum absolute atomic E-state index is 0.0454. The molecule has 1 aliphatic rings. The highest BCUT2D eigenvalue weighted by Crippen LogP contribution is 2.22. The molecule has 144 valence electrons. The number of carbonyl (C=O) groups is 1. The van der Waals surface area contributed by atoms with Gasteiger partial charge >= 0.3 is 0 Å². The lowest BCUT2D eigenvalue weighted by Gasteiger charge is -2.18. The molecule has 0 radical (unpaired) electrons. The molecule has 0 aliphatic carbocycles. The second kappa shape index (κ2) is 7.84. The Kier molecular flexibility index (Phi) is 5.10. The predicted molar refractivity (Wildman–Crippen MR) is 110 cm³/mol. The number of carbonyl (C=O) groups excluding carboxylic acids is 1. The number of anilines is 1. The Morgan fingerprint density at radius 1 is 1.11 bits per heavy atom. The fourth-order valence-electron chi connectivity index (χ4n) is 3.56. The first-order valence-electron chi connectivity index (χ1n) is 9.52. The van der Waals surface area contributed by atoms with Crippen LogP contribution in [0.5, 0.6) is 5.88 Å². The van der Waals surface area contributed by atoms with E-state index in [2.05, 4.69) is 28.4 Å². The standard InChI is InChI=1S/C22H24N4O2/c1-25(2)20-10-11-21(24-23-20)28-18-12-13-26(15-18)22(27)14-17-8-5-7-16-6-3-4-9-19(16)17/h3-11,18H,12-15H2,1-2H3. The zero-order chi connectivity index (χ0) is 19.5. The van der Waals surface area contributed by atoms with E-state index in [9.17, 15) is 4.79 Å². The number of nitrogens with zero attached hydrogens (tertiary/aromatic N) is 4. The minimum Gasteiger partial charge on any atom is -0.471 e. The Morgan fingerprint density at radius 2 is 1.93 bits per heavy atom. The van der Waals surface area contributed by atoms with E-state index in [1.165, 1.54) is 0 Å². The van der Waals surface area contributed by atoms with Crippen LogP contribution in [-0.4, -0.2) is 54.3 Å². The van der Waals surface area contributed by atoms with Crippen LogP contribution in [0, 0.1) is 0 Å². The summed E-state index contributed by atoms with van der Waals surface area (Å²) >= 11 is 0.